The van der Waals surface area contributed by atoms with Crippen molar-refractivity contribution in [3.63, 3.8) is 0 Å². The summed E-state index contributed by atoms with van der Waals surface area (Å²) < 4.78 is 5.38. The fourth-order valence-electron chi connectivity index (χ4n) is 1.93. The number of halogens is 3. The van der Waals surface area contributed by atoms with Crippen molar-refractivity contribution in [2.24, 2.45) is 0 Å². The van der Waals surface area contributed by atoms with Crippen LogP contribution >= 0.6 is 34.8 Å². The van der Waals surface area contributed by atoms with Crippen molar-refractivity contribution in [3.05, 3.63) is 68.7 Å². The van der Waals surface area contributed by atoms with Gasteiger partial charge in [0.2, 0.25) is 0 Å². The summed E-state index contributed by atoms with van der Waals surface area (Å²) in [7, 11) is 1.50. The van der Waals surface area contributed by atoms with Gasteiger partial charge in [-0.25, -0.2) is 0 Å². The lowest BCUT2D eigenvalue weighted by atomic mass is 10.0. The molecule has 0 atom stereocenters. The lowest BCUT2D eigenvalue weighted by Gasteiger charge is -2.12. The predicted molar refractivity (Wildman–Crippen MR) is 87.8 cm³/mol. The Bertz CT molecular complexity index is 691. The van der Waals surface area contributed by atoms with Crippen LogP contribution in [0.2, 0.25) is 15.1 Å². The maximum atomic E-state index is 11.5. The summed E-state index contributed by atoms with van der Waals surface area (Å²) in [5.41, 5.74) is 1.64. The highest BCUT2D eigenvalue weighted by molar-refractivity contribution is 6.37. The van der Waals surface area contributed by atoms with E-state index in [1.165, 1.54) is 7.11 Å². The number of carbonyl (C=O) groups is 1. The summed E-state index contributed by atoms with van der Waals surface area (Å²) in [6.45, 7) is 0. The van der Waals surface area contributed by atoms with Crippen molar-refractivity contribution in [2.75, 3.05) is 7.11 Å². The standard InChI is InChI=1S/C16H11Cl3O2/c1-21-16(10-2-4-11(17)5-3-10)14(9-20)13-7-6-12(18)8-15(13)19/h2-9H,1H3. The van der Waals surface area contributed by atoms with Crippen LogP contribution in [0.3, 0.4) is 0 Å². The van der Waals surface area contributed by atoms with Gasteiger partial charge < -0.3 is 4.74 Å². The molecule has 0 aliphatic heterocycles. The monoisotopic (exact) mass is 340 g/mol. The number of benzene rings is 2. The minimum absolute atomic E-state index is 0.349. The summed E-state index contributed by atoms with van der Waals surface area (Å²) in [6, 6.07) is 11.9. The normalized spacial score (nSPS) is 11.8. The molecule has 2 aromatic carbocycles. The molecule has 108 valence electrons. The SMILES string of the molecule is COC(=C(C=O)c1ccc(Cl)cc1Cl)c1ccc(Cl)cc1. The first-order valence-corrected chi connectivity index (χ1v) is 7.15. The molecule has 0 saturated heterocycles. The van der Waals surface area contributed by atoms with Gasteiger partial charge in [0.1, 0.15) is 5.76 Å². The molecule has 0 amide bonds. The quantitative estimate of drug-likeness (QED) is 0.324. The van der Waals surface area contributed by atoms with Gasteiger partial charge in [0.15, 0.2) is 6.29 Å². The van der Waals surface area contributed by atoms with Crippen LogP contribution in [-0.2, 0) is 9.53 Å². The highest BCUT2D eigenvalue weighted by Crippen LogP contribution is 2.32. The lowest BCUT2D eigenvalue weighted by Crippen LogP contribution is -1.97. The molecule has 0 unspecified atom stereocenters. The van der Waals surface area contributed by atoms with E-state index in [2.05, 4.69) is 0 Å². The number of allylic oxidation sites excluding steroid dienone is 1. The fraction of sp³-hybridized carbons (Fsp3) is 0.0625. The smallest absolute Gasteiger partial charge is 0.154 e. The first kappa shape index (κ1) is 15.9. The van der Waals surface area contributed by atoms with Gasteiger partial charge in [0.05, 0.1) is 17.7 Å². The molecule has 0 spiro atoms. The van der Waals surface area contributed by atoms with Crippen molar-refractivity contribution < 1.29 is 9.53 Å². The summed E-state index contributed by atoms with van der Waals surface area (Å²) in [4.78, 5) is 11.5. The van der Waals surface area contributed by atoms with Crippen LogP contribution in [0.4, 0.5) is 0 Å². The second kappa shape index (κ2) is 6.99. The average molecular weight is 342 g/mol. The zero-order valence-corrected chi connectivity index (χ0v) is 13.3. The molecule has 0 N–H and O–H groups in total. The number of aldehydes is 1. The molecular weight excluding hydrogens is 331 g/mol. The molecule has 0 aromatic heterocycles. The fourth-order valence-corrected chi connectivity index (χ4v) is 2.57. The first-order valence-electron chi connectivity index (χ1n) is 6.01. The summed E-state index contributed by atoms with van der Waals surface area (Å²) in [6.07, 6.45) is 0.711. The Morgan fingerprint density at radius 2 is 1.62 bits per heavy atom. The predicted octanol–water partition coefficient (Wildman–Crippen LogP) is 5.36. The van der Waals surface area contributed by atoms with E-state index in [1.807, 2.05) is 0 Å². The molecular formula is C16H11Cl3O2. The van der Waals surface area contributed by atoms with Crippen molar-refractivity contribution in [2.45, 2.75) is 0 Å². The summed E-state index contributed by atoms with van der Waals surface area (Å²) in [5, 5.41) is 1.49. The Labute approximate surface area is 137 Å². The molecule has 0 aliphatic rings. The highest BCUT2D eigenvalue weighted by Gasteiger charge is 2.15. The molecule has 0 aliphatic carbocycles. The Kier molecular flexibility index (Phi) is 5.29. The molecule has 2 nitrogen and oxygen atoms in total. The number of carbonyl (C=O) groups excluding carboxylic acids is 1. The van der Waals surface area contributed by atoms with Crippen LogP contribution in [0, 0.1) is 0 Å². The van der Waals surface area contributed by atoms with E-state index in [9.17, 15) is 4.79 Å². The lowest BCUT2D eigenvalue weighted by molar-refractivity contribution is -0.103. The van der Waals surface area contributed by atoms with E-state index in [1.54, 1.807) is 42.5 Å². The number of ether oxygens (including phenoxy) is 1. The van der Waals surface area contributed by atoms with Crippen LogP contribution in [-0.4, -0.2) is 13.4 Å². The second-order valence-corrected chi connectivity index (χ2v) is 5.48. The molecule has 2 rings (SSSR count). The van der Waals surface area contributed by atoms with Crippen molar-refractivity contribution in [1.82, 2.24) is 0 Å². The molecule has 0 bridgehead atoms. The third-order valence-corrected chi connectivity index (χ3v) is 3.69. The van der Waals surface area contributed by atoms with Crippen molar-refractivity contribution >= 4 is 52.4 Å². The van der Waals surface area contributed by atoms with Gasteiger partial charge in [-0.05, 0) is 36.4 Å². The average Bonchev–Trinajstić information content (AvgIpc) is 2.47. The highest BCUT2D eigenvalue weighted by atomic mass is 35.5. The minimum atomic E-state index is 0.349. The van der Waals surface area contributed by atoms with E-state index >= 15 is 0 Å². The van der Waals surface area contributed by atoms with Gasteiger partial charge in [0, 0.05) is 21.2 Å². The zero-order valence-electron chi connectivity index (χ0n) is 11.1. The summed E-state index contributed by atoms with van der Waals surface area (Å²) in [5.74, 6) is 0.422. The van der Waals surface area contributed by atoms with E-state index < -0.39 is 0 Å². The van der Waals surface area contributed by atoms with Gasteiger partial charge in [0.25, 0.3) is 0 Å². The van der Waals surface area contributed by atoms with E-state index in [4.69, 9.17) is 39.5 Å². The molecule has 0 radical (unpaired) electrons. The Morgan fingerprint density at radius 1 is 1.00 bits per heavy atom. The maximum Gasteiger partial charge on any atom is 0.154 e. The first-order chi connectivity index (χ1) is 10.1. The van der Waals surface area contributed by atoms with Crippen LogP contribution in [0.15, 0.2) is 42.5 Å². The minimum Gasteiger partial charge on any atom is -0.495 e. The molecule has 21 heavy (non-hydrogen) atoms. The Morgan fingerprint density at radius 3 is 2.14 bits per heavy atom. The zero-order chi connectivity index (χ0) is 15.4. The van der Waals surface area contributed by atoms with Crippen LogP contribution < -0.4 is 0 Å². The van der Waals surface area contributed by atoms with Gasteiger partial charge in [-0.3, -0.25) is 4.79 Å². The van der Waals surface area contributed by atoms with Gasteiger partial charge in [-0.1, -0.05) is 40.9 Å². The maximum absolute atomic E-state index is 11.5. The van der Waals surface area contributed by atoms with E-state index in [0.717, 1.165) is 5.56 Å². The third kappa shape index (κ3) is 3.59. The third-order valence-electron chi connectivity index (χ3n) is 2.89. The van der Waals surface area contributed by atoms with Crippen molar-refractivity contribution in [3.8, 4) is 0 Å². The van der Waals surface area contributed by atoms with Crippen LogP contribution in [0.1, 0.15) is 11.1 Å². The molecule has 0 saturated carbocycles. The number of rotatable bonds is 4. The Hall–Kier alpha value is -1.48. The number of methoxy groups -OCH3 is 1. The second-order valence-electron chi connectivity index (χ2n) is 4.20. The Balaban J connectivity index is 2.63. The number of hydrogen-bond acceptors (Lipinski definition) is 2. The van der Waals surface area contributed by atoms with Gasteiger partial charge in [-0.2, -0.15) is 0 Å². The topological polar surface area (TPSA) is 26.3 Å². The van der Waals surface area contributed by atoms with Crippen LogP contribution in [0.25, 0.3) is 11.3 Å². The van der Waals surface area contributed by atoms with E-state index in [-0.39, 0.29) is 0 Å². The summed E-state index contributed by atoms with van der Waals surface area (Å²) >= 11 is 17.9. The molecule has 0 fully saturated rings. The molecule has 2 aromatic rings. The van der Waals surface area contributed by atoms with Gasteiger partial charge in [-0.15, -0.1) is 0 Å². The molecule has 5 heteroatoms. The van der Waals surface area contributed by atoms with Gasteiger partial charge >= 0.3 is 0 Å². The molecule has 0 heterocycles. The largest absolute Gasteiger partial charge is 0.495 e. The van der Waals surface area contributed by atoms with Crippen LogP contribution in [0.5, 0.6) is 0 Å². The van der Waals surface area contributed by atoms with E-state index in [0.29, 0.717) is 38.2 Å². The number of hydrogen-bond donors (Lipinski definition) is 0. The van der Waals surface area contributed by atoms with Crippen molar-refractivity contribution in [1.29, 1.82) is 0 Å².